The number of hydrogen-bond donors (Lipinski definition) is 1. The molecule has 104 valence electrons. The molecule has 0 spiro atoms. The molecule has 0 aliphatic carbocycles. The van der Waals surface area contributed by atoms with E-state index >= 15 is 0 Å². The van der Waals surface area contributed by atoms with Gasteiger partial charge >= 0.3 is 6.18 Å². The zero-order chi connectivity index (χ0) is 13.3. The summed E-state index contributed by atoms with van der Waals surface area (Å²) < 4.78 is 40.1. The zero-order valence-electron chi connectivity index (χ0n) is 10.9. The highest BCUT2D eigenvalue weighted by molar-refractivity contribution is 4.69. The van der Waals surface area contributed by atoms with Crippen LogP contribution >= 0.6 is 0 Å². The third-order valence-electron chi connectivity index (χ3n) is 3.06. The lowest BCUT2D eigenvalue weighted by atomic mass is 9.93. The van der Waals surface area contributed by atoms with Gasteiger partial charge in [0.2, 0.25) is 0 Å². The molecule has 0 aliphatic rings. The third kappa shape index (κ3) is 9.41. The Hall–Kier alpha value is -0.290. The summed E-state index contributed by atoms with van der Waals surface area (Å²) in [6.45, 7) is 3.29. The molecular weight excluding hydrogens is 231 g/mol. The summed E-state index contributed by atoms with van der Waals surface area (Å²) in [6, 6.07) is 0.244. The molecule has 0 aromatic carbocycles. The van der Waals surface area contributed by atoms with Crippen LogP contribution in [0.5, 0.6) is 0 Å². The van der Waals surface area contributed by atoms with Crippen LogP contribution in [0.15, 0.2) is 0 Å². The van der Waals surface area contributed by atoms with Gasteiger partial charge in [-0.2, -0.15) is 13.2 Å². The minimum atomic E-state index is -4.22. The Kier molecular flexibility index (Phi) is 8.60. The standard InChI is InChI=1S/C12H24F3NO/c1-4-10(5-2)8-11(16-3)6-7-17-9-12(13,14)15/h10-11,16H,4-9H2,1-3H3. The molecule has 0 bridgehead atoms. The van der Waals surface area contributed by atoms with Gasteiger partial charge in [-0.25, -0.2) is 0 Å². The number of ether oxygens (including phenoxy) is 1. The molecule has 17 heavy (non-hydrogen) atoms. The Morgan fingerprint density at radius 2 is 1.76 bits per heavy atom. The van der Waals surface area contributed by atoms with E-state index in [1.54, 1.807) is 0 Å². The first-order valence-electron chi connectivity index (χ1n) is 6.24. The highest BCUT2D eigenvalue weighted by Gasteiger charge is 2.27. The van der Waals surface area contributed by atoms with E-state index in [1.807, 2.05) is 7.05 Å². The normalized spacial score (nSPS) is 14.3. The van der Waals surface area contributed by atoms with Crippen molar-refractivity contribution in [2.75, 3.05) is 20.3 Å². The van der Waals surface area contributed by atoms with Crippen molar-refractivity contribution in [2.45, 2.75) is 51.7 Å². The summed E-state index contributed by atoms with van der Waals surface area (Å²) in [5.41, 5.74) is 0. The first kappa shape index (κ1) is 16.7. The fourth-order valence-electron chi connectivity index (χ4n) is 1.82. The average molecular weight is 255 g/mol. The molecular formula is C12H24F3NO. The fraction of sp³-hybridized carbons (Fsp3) is 1.00. The highest BCUT2D eigenvalue weighted by atomic mass is 19.4. The first-order valence-corrected chi connectivity index (χ1v) is 6.24. The Labute approximate surface area is 102 Å². The molecule has 1 N–H and O–H groups in total. The molecule has 0 aliphatic heterocycles. The number of rotatable bonds is 9. The molecule has 2 nitrogen and oxygen atoms in total. The topological polar surface area (TPSA) is 21.3 Å². The largest absolute Gasteiger partial charge is 0.411 e. The lowest BCUT2D eigenvalue weighted by molar-refractivity contribution is -0.174. The third-order valence-corrected chi connectivity index (χ3v) is 3.06. The Morgan fingerprint density at radius 3 is 2.18 bits per heavy atom. The molecule has 1 atom stereocenters. The number of hydrogen-bond acceptors (Lipinski definition) is 2. The van der Waals surface area contributed by atoms with Gasteiger partial charge in [-0.05, 0) is 25.8 Å². The maximum atomic E-state index is 11.8. The van der Waals surface area contributed by atoms with Crippen molar-refractivity contribution >= 4 is 0 Å². The Morgan fingerprint density at radius 1 is 1.18 bits per heavy atom. The molecule has 0 aromatic rings. The van der Waals surface area contributed by atoms with E-state index in [2.05, 4.69) is 23.9 Å². The minimum Gasteiger partial charge on any atom is -0.372 e. The molecule has 0 saturated heterocycles. The summed E-state index contributed by atoms with van der Waals surface area (Å²) in [7, 11) is 1.84. The van der Waals surface area contributed by atoms with Crippen molar-refractivity contribution in [2.24, 2.45) is 5.92 Å². The predicted molar refractivity (Wildman–Crippen MR) is 63.0 cm³/mol. The molecule has 1 unspecified atom stereocenters. The molecule has 0 fully saturated rings. The maximum Gasteiger partial charge on any atom is 0.411 e. The van der Waals surface area contributed by atoms with Gasteiger partial charge in [0.05, 0.1) is 0 Å². The van der Waals surface area contributed by atoms with Gasteiger partial charge in [-0.3, -0.25) is 0 Å². The Bertz CT molecular complexity index is 181. The molecule has 5 heteroatoms. The SMILES string of the molecule is CCC(CC)CC(CCOCC(F)(F)F)NC. The zero-order valence-corrected chi connectivity index (χ0v) is 10.9. The van der Waals surface area contributed by atoms with Crippen LogP contribution in [-0.2, 0) is 4.74 Å². The van der Waals surface area contributed by atoms with Crippen molar-refractivity contribution in [1.82, 2.24) is 5.32 Å². The maximum absolute atomic E-state index is 11.8. The quantitative estimate of drug-likeness (QED) is 0.638. The summed E-state index contributed by atoms with van der Waals surface area (Å²) in [6.07, 6.45) is -0.372. The van der Waals surface area contributed by atoms with E-state index in [1.165, 1.54) is 0 Å². The summed E-state index contributed by atoms with van der Waals surface area (Å²) in [5.74, 6) is 0.634. The van der Waals surface area contributed by atoms with Crippen LogP contribution in [0.2, 0.25) is 0 Å². The molecule has 0 radical (unpaired) electrons. The molecule has 0 amide bonds. The number of halogens is 3. The van der Waals surface area contributed by atoms with Gasteiger partial charge in [-0.15, -0.1) is 0 Å². The number of alkyl halides is 3. The van der Waals surface area contributed by atoms with Crippen molar-refractivity contribution in [3.63, 3.8) is 0 Å². The van der Waals surface area contributed by atoms with E-state index < -0.39 is 12.8 Å². The van der Waals surface area contributed by atoms with Gasteiger partial charge in [0, 0.05) is 12.6 Å². The summed E-state index contributed by atoms with van der Waals surface area (Å²) in [5, 5.41) is 3.14. The lowest BCUT2D eigenvalue weighted by Gasteiger charge is -2.21. The molecule has 0 rings (SSSR count). The summed E-state index contributed by atoms with van der Waals surface area (Å²) in [4.78, 5) is 0. The van der Waals surface area contributed by atoms with E-state index in [4.69, 9.17) is 0 Å². The van der Waals surface area contributed by atoms with Gasteiger partial charge in [0.1, 0.15) is 6.61 Å². The minimum absolute atomic E-state index is 0.158. The monoisotopic (exact) mass is 255 g/mol. The summed E-state index contributed by atoms with van der Waals surface area (Å²) >= 11 is 0. The van der Waals surface area contributed by atoms with E-state index in [0.29, 0.717) is 12.3 Å². The van der Waals surface area contributed by atoms with Crippen LogP contribution in [0.3, 0.4) is 0 Å². The Balaban J connectivity index is 3.75. The average Bonchev–Trinajstić information content (AvgIpc) is 2.27. The van der Waals surface area contributed by atoms with E-state index in [0.717, 1.165) is 19.3 Å². The van der Waals surface area contributed by atoms with Crippen LogP contribution in [0.1, 0.15) is 39.5 Å². The predicted octanol–water partition coefficient (Wildman–Crippen LogP) is 3.37. The molecule has 0 saturated carbocycles. The van der Waals surface area contributed by atoms with Crippen LogP contribution < -0.4 is 5.32 Å². The van der Waals surface area contributed by atoms with Gasteiger partial charge < -0.3 is 10.1 Å². The van der Waals surface area contributed by atoms with Crippen molar-refractivity contribution < 1.29 is 17.9 Å². The van der Waals surface area contributed by atoms with Crippen molar-refractivity contribution in [3.05, 3.63) is 0 Å². The van der Waals surface area contributed by atoms with Crippen molar-refractivity contribution in [3.8, 4) is 0 Å². The molecule has 0 heterocycles. The molecule has 0 aromatic heterocycles. The number of nitrogens with one attached hydrogen (secondary N) is 1. The van der Waals surface area contributed by atoms with E-state index in [9.17, 15) is 13.2 Å². The second-order valence-corrected chi connectivity index (χ2v) is 4.36. The second kappa shape index (κ2) is 8.75. The van der Waals surface area contributed by atoms with E-state index in [-0.39, 0.29) is 12.6 Å². The van der Waals surface area contributed by atoms with Gasteiger partial charge in [-0.1, -0.05) is 26.7 Å². The van der Waals surface area contributed by atoms with Crippen LogP contribution in [0, 0.1) is 5.92 Å². The smallest absolute Gasteiger partial charge is 0.372 e. The lowest BCUT2D eigenvalue weighted by Crippen LogP contribution is -2.30. The first-order chi connectivity index (χ1) is 7.92. The second-order valence-electron chi connectivity index (χ2n) is 4.36. The highest BCUT2D eigenvalue weighted by Crippen LogP contribution is 2.17. The van der Waals surface area contributed by atoms with Crippen LogP contribution in [-0.4, -0.2) is 32.5 Å². The van der Waals surface area contributed by atoms with Crippen LogP contribution in [0.4, 0.5) is 13.2 Å². The van der Waals surface area contributed by atoms with Gasteiger partial charge in [0.15, 0.2) is 0 Å². The van der Waals surface area contributed by atoms with Crippen LogP contribution in [0.25, 0.3) is 0 Å². The fourth-order valence-corrected chi connectivity index (χ4v) is 1.82. The van der Waals surface area contributed by atoms with Gasteiger partial charge in [0.25, 0.3) is 0 Å². The van der Waals surface area contributed by atoms with Crippen molar-refractivity contribution in [1.29, 1.82) is 0 Å².